The SMILES string of the molecule is CN=C(NCc1ccccc1OC)NCc1c(Cl)cccc1N1CCN(C)CC1.I. The third-order valence-corrected chi connectivity index (χ3v) is 5.59. The zero-order valence-electron chi connectivity index (χ0n) is 17.8. The Labute approximate surface area is 201 Å². The van der Waals surface area contributed by atoms with E-state index < -0.39 is 0 Å². The number of hydrogen-bond donors (Lipinski definition) is 2. The first-order chi connectivity index (χ1) is 14.1. The van der Waals surface area contributed by atoms with Crippen LogP contribution >= 0.6 is 35.6 Å². The quantitative estimate of drug-likeness (QED) is 0.331. The summed E-state index contributed by atoms with van der Waals surface area (Å²) < 4.78 is 5.42. The zero-order valence-corrected chi connectivity index (χ0v) is 20.9. The molecule has 2 N–H and O–H groups in total. The predicted molar refractivity (Wildman–Crippen MR) is 137 cm³/mol. The number of likely N-dealkylation sites (N-methyl/N-ethyl adjacent to an activating group) is 1. The van der Waals surface area contributed by atoms with E-state index in [0.717, 1.165) is 54.0 Å². The lowest BCUT2D eigenvalue weighted by Crippen LogP contribution is -2.45. The Morgan fingerprint density at radius 1 is 1.03 bits per heavy atom. The normalized spacial score (nSPS) is 14.8. The number of hydrogen-bond acceptors (Lipinski definition) is 4. The zero-order chi connectivity index (χ0) is 20.6. The number of rotatable bonds is 6. The van der Waals surface area contributed by atoms with Gasteiger partial charge in [0.1, 0.15) is 5.75 Å². The highest BCUT2D eigenvalue weighted by Crippen LogP contribution is 2.28. The summed E-state index contributed by atoms with van der Waals surface area (Å²) in [4.78, 5) is 9.11. The van der Waals surface area contributed by atoms with Crippen LogP contribution in [0.3, 0.4) is 0 Å². The van der Waals surface area contributed by atoms with Crippen molar-refractivity contribution in [2.45, 2.75) is 13.1 Å². The molecule has 2 aromatic rings. The third kappa shape index (κ3) is 6.39. The Morgan fingerprint density at radius 2 is 1.73 bits per heavy atom. The third-order valence-electron chi connectivity index (χ3n) is 5.23. The number of aliphatic imine (C=N–C) groups is 1. The second-order valence-corrected chi connectivity index (χ2v) is 7.53. The minimum Gasteiger partial charge on any atom is -0.496 e. The second-order valence-electron chi connectivity index (χ2n) is 7.12. The number of ether oxygens (including phenoxy) is 1. The van der Waals surface area contributed by atoms with Crippen molar-refractivity contribution in [3.8, 4) is 5.75 Å². The number of benzene rings is 2. The van der Waals surface area contributed by atoms with E-state index in [2.05, 4.69) is 38.5 Å². The van der Waals surface area contributed by atoms with E-state index in [4.69, 9.17) is 16.3 Å². The summed E-state index contributed by atoms with van der Waals surface area (Å²) in [6.45, 7) is 5.35. The van der Waals surface area contributed by atoms with Gasteiger partial charge in [-0.05, 0) is 25.2 Å². The van der Waals surface area contributed by atoms with Gasteiger partial charge in [0.05, 0.1) is 7.11 Å². The van der Waals surface area contributed by atoms with Crippen molar-refractivity contribution < 1.29 is 4.74 Å². The van der Waals surface area contributed by atoms with Crippen molar-refractivity contribution in [3.63, 3.8) is 0 Å². The van der Waals surface area contributed by atoms with Crippen LogP contribution in [0.4, 0.5) is 5.69 Å². The van der Waals surface area contributed by atoms with Crippen LogP contribution < -0.4 is 20.3 Å². The van der Waals surface area contributed by atoms with E-state index in [0.29, 0.717) is 13.1 Å². The Bertz CT molecular complexity index is 840. The van der Waals surface area contributed by atoms with Crippen LogP contribution in [0.25, 0.3) is 0 Å². The highest BCUT2D eigenvalue weighted by molar-refractivity contribution is 14.0. The molecule has 0 unspecified atom stereocenters. The molecule has 0 radical (unpaired) electrons. The van der Waals surface area contributed by atoms with Gasteiger partial charge in [-0.15, -0.1) is 24.0 Å². The van der Waals surface area contributed by atoms with Gasteiger partial charge in [-0.25, -0.2) is 0 Å². The van der Waals surface area contributed by atoms with Crippen molar-refractivity contribution in [3.05, 3.63) is 58.6 Å². The van der Waals surface area contributed by atoms with Crippen molar-refractivity contribution >= 4 is 47.2 Å². The van der Waals surface area contributed by atoms with Crippen LogP contribution in [0, 0.1) is 0 Å². The van der Waals surface area contributed by atoms with Crippen molar-refractivity contribution in [2.75, 3.05) is 52.3 Å². The van der Waals surface area contributed by atoms with E-state index in [1.165, 1.54) is 5.69 Å². The minimum absolute atomic E-state index is 0. The van der Waals surface area contributed by atoms with E-state index in [1.54, 1.807) is 14.2 Å². The molecule has 2 aromatic carbocycles. The number of nitrogens with one attached hydrogen (secondary N) is 2. The minimum atomic E-state index is 0. The van der Waals surface area contributed by atoms with Gasteiger partial charge in [0.2, 0.25) is 0 Å². The summed E-state index contributed by atoms with van der Waals surface area (Å²) in [5.74, 6) is 1.58. The molecule has 0 atom stereocenters. The molecular weight excluding hydrogens is 513 g/mol. The summed E-state index contributed by atoms with van der Waals surface area (Å²) in [5, 5.41) is 7.52. The maximum Gasteiger partial charge on any atom is 0.191 e. The predicted octanol–water partition coefficient (Wildman–Crippen LogP) is 3.58. The molecule has 0 aliphatic carbocycles. The Hall–Kier alpha value is -1.71. The lowest BCUT2D eigenvalue weighted by molar-refractivity contribution is 0.312. The van der Waals surface area contributed by atoms with E-state index in [-0.39, 0.29) is 24.0 Å². The van der Waals surface area contributed by atoms with Crippen LogP contribution in [-0.2, 0) is 13.1 Å². The molecule has 30 heavy (non-hydrogen) atoms. The molecule has 6 nitrogen and oxygen atoms in total. The van der Waals surface area contributed by atoms with Crippen molar-refractivity contribution in [1.29, 1.82) is 0 Å². The molecule has 0 spiro atoms. The fourth-order valence-electron chi connectivity index (χ4n) is 3.49. The molecular formula is C22H31ClIN5O. The smallest absolute Gasteiger partial charge is 0.191 e. The Balaban J connectivity index is 0.00000320. The van der Waals surface area contributed by atoms with E-state index >= 15 is 0 Å². The molecule has 1 aliphatic heterocycles. The number of halogens is 2. The summed E-state index contributed by atoms with van der Waals surface area (Å²) in [6, 6.07) is 14.1. The number of nitrogens with zero attached hydrogens (tertiary/aromatic N) is 3. The second kappa shape index (κ2) is 12.2. The number of guanidine groups is 1. The number of anilines is 1. The van der Waals surface area contributed by atoms with Gasteiger partial charge in [0.25, 0.3) is 0 Å². The molecule has 1 heterocycles. The Morgan fingerprint density at radius 3 is 2.43 bits per heavy atom. The van der Waals surface area contributed by atoms with Crippen molar-refractivity contribution in [2.24, 2.45) is 4.99 Å². The van der Waals surface area contributed by atoms with Crippen LogP contribution in [0.5, 0.6) is 5.75 Å². The average Bonchev–Trinajstić information content (AvgIpc) is 2.75. The molecule has 1 saturated heterocycles. The summed E-state index contributed by atoms with van der Waals surface area (Å²) in [6.07, 6.45) is 0. The topological polar surface area (TPSA) is 52.1 Å². The summed E-state index contributed by atoms with van der Waals surface area (Å²) in [7, 11) is 5.61. The lowest BCUT2D eigenvalue weighted by atomic mass is 10.1. The molecule has 8 heteroatoms. The van der Waals surface area contributed by atoms with Crippen LogP contribution in [0.1, 0.15) is 11.1 Å². The monoisotopic (exact) mass is 543 g/mol. The molecule has 0 saturated carbocycles. The molecule has 0 amide bonds. The fraction of sp³-hybridized carbons (Fsp3) is 0.409. The summed E-state index contributed by atoms with van der Waals surface area (Å²) in [5.41, 5.74) is 3.37. The van der Waals surface area contributed by atoms with Gasteiger partial charge in [-0.2, -0.15) is 0 Å². The number of methoxy groups -OCH3 is 1. The van der Waals surface area contributed by atoms with E-state index in [1.807, 2.05) is 36.4 Å². The van der Waals surface area contributed by atoms with Gasteiger partial charge < -0.3 is 25.2 Å². The first-order valence-electron chi connectivity index (χ1n) is 9.89. The highest BCUT2D eigenvalue weighted by atomic mass is 127. The first kappa shape index (κ1) is 24.6. The highest BCUT2D eigenvalue weighted by Gasteiger charge is 2.18. The number of para-hydroxylation sites is 1. The van der Waals surface area contributed by atoms with Gasteiger partial charge >= 0.3 is 0 Å². The van der Waals surface area contributed by atoms with Gasteiger partial charge in [-0.1, -0.05) is 35.9 Å². The largest absolute Gasteiger partial charge is 0.496 e. The standard InChI is InChI=1S/C22H30ClN5O.HI/c1-24-22(25-15-17-7-4-5-10-21(17)29-3)26-16-18-19(23)8-6-9-20(18)28-13-11-27(2)12-14-28;/h4-10H,11-16H2,1-3H3,(H2,24,25,26);1H. The lowest BCUT2D eigenvalue weighted by Gasteiger charge is -2.35. The van der Waals surface area contributed by atoms with Gasteiger partial charge in [-0.3, -0.25) is 4.99 Å². The average molecular weight is 544 g/mol. The van der Waals surface area contributed by atoms with E-state index in [9.17, 15) is 0 Å². The number of piperazine rings is 1. The molecule has 3 rings (SSSR count). The summed E-state index contributed by atoms with van der Waals surface area (Å²) >= 11 is 6.56. The molecule has 1 aliphatic rings. The van der Waals surface area contributed by atoms with Crippen LogP contribution in [0.15, 0.2) is 47.5 Å². The van der Waals surface area contributed by atoms with Gasteiger partial charge in [0.15, 0.2) is 5.96 Å². The first-order valence-corrected chi connectivity index (χ1v) is 10.3. The Kier molecular flexibility index (Phi) is 10.0. The molecule has 164 valence electrons. The van der Waals surface area contributed by atoms with Gasteiger partial charge in [0, 0.05) is 68.2 Å². The maximum atomic E-state index is 6.56. The van der Waals surface area contributed by atoms with Crippen molar-refractivity contribution in [1.82, 2.24) is 15.5 Å². The van der Waals surface area contributed by atoms with Crippen LogP contribution in [-0.4, -0.2) is 58.2 Å². The maximum absolute atomic E-state index is 6.56. The molecule has 0 bridgehead atoms. The molecule has 1 fully saturated rings. The molecule has 0 aromatic heterocycles. The van der Waals surface area contributed by atoms with Crippen LogP contribution in [0.2, 0.25) is 5.02 Å². The fourth-order valence-corrected chi connectivity index (χ4v) is 3.72.